The fraction of sp³-hybridized carbons (Fsp3) is 0.727. The molecule has 0 spiro atoms. The molecule has 2 heterocycles. The molecule has 1 fully saturated rings. The number of imidazole rings is 1. The van der Waals surface area contributed by atoms with Crippen LogP contribution in [0.25, 0.3) is 0 Å². The van der Waals surface area contributed by atoms with E-state index in [4.69, 9.17) is 5.11 Å². The summed E-state index contributed by atoms with van der Waals surface area (Å²) in [6.07, 6.45) is 6.05. The van der Waals surface area contributed by atoms with Gasteiger partial charge in [0.2, 0.25) is 0 Å². The summed E-state index contributed by atoms with van der Waals surface area (Å²) in [6.45, 7) is 3.44. The van der Waals surface area contributed by atoms with Crippen LogP contribution in [0.2, 0.25) is 0 Å². The van der Waals surface area contributed by atoms with Crippen LogP contribution in [0.3, 0.4) is 0 Å². The lowest BCUT2D eigenvalue weighted by Gasteiger charge is -2.30. The van der Waals surface area contributed by atoms with Gasteiger partial charge in [-0.3, -0.25) is 4.90 Å². The molecule has 1 aliphatic rings. The van der Waals surface area contributed by atoms with Crippen molar-refractivity contribution in [1.29, 1.82) is 0 Å². The molecule has 0 amide bonds. The number of rotatable bonds is 3. The van der Waals surface area contributed by atoms with Gasteiger partial charge >= 0.3 is 0 Å². The molecule has 0 saturated carbocycles. The van der Waals surface area contributed by atoms with E-state index in [1.165, 1.54) is 0 Å². The maximum atomic E-state index is 9.04. The van der Waals surface area contributed by atoms with Crippen LogP contribution in [0, 0.1) is 5.92 Å². The van der Waals surface area contributed by atoms with E-state index >= 15 is 0 Å². The Kier molecular flexibility index (Phi) is 3.38. The first kappa shape index (κ1) is 10.6. The molecule has 0 unspecified atom stereocenters. The third-order valence-corrected chi connectivity index (χ3v) is 3.25. The molecule has 0 bridgehead atoms. The molecular formula is C11H19N3O. The minimum atomic E-state index is 0.343. The Balaban J connectivity index is 1.85. The van der Waals surface area contributed by atoms with E-state index in [1.54, 1.807) is 0 Å². The van der Waals surface area contributed by atoms with Gasteiger partial charge in [0, 0.05) is 26.0 Å². The molecule has 1 aromatic rings. The minimum Gasteiger partial charge on any atom is -0.396 e. The van der Waals surface area contributed by atoms with Crippen molar-refractivity contribution in [2.75, 3.05) is 19.7 Å². The SMILES string of the molecule is Cn1ccnc1CN1CCC(CO)CC1. The van der Waals surface area contributed by atoms with E-state index in [-0.39, 0.29) is 0 Å². The maximum Gasteiger partial charge on any atom is 0.122 e. The Morgan fingerprint density at radius 2 is 2.20 bits per heavy atom. The highest BCUT2D eigenvalue weighted by Gasteiger charge is 2.19. The molecule has 2 rings (SSSR count). The molecule has 0 aromatic carbocycles. The quantitative estimate of drug-likeness (QED) is 0.793. The molecule has 1 aromatic heterocycles. The first-order valence-corrected chi connectivity index (χ1v) is 5.59. The van der Waals surface area contributed by atoms with Gasteiger partial charge in [-0.2, -0.15) is 0 Å². The average Bonchev–Trinajstić information content (AvgIpc) is 2.66. The standard InChI is InChI=1S/C11H19N3O/c1-13-7-4-12-11(13)8-14-5-2-10(9-15)3-6-14/h4,7,10,15H,2-3,5-6,8-9H2,1H3. The fourth-order valence-corrected chi connectivity index (χ4v) is 2.08. The molecule has 15 heavy (non-hydrogen) atoms. The topological polar surface area (TPSA) is 41.3 Å². The Bertz CT molecular complexity index is 303. The van der Waals surface area contributed by atoms with Crippen molar-refractivity contribution < 1.29 is 5.11 Å². The summed E-state index contributed by atoms with van der Waals surface area (Å²) in [5, 5.41) is 9.04. The molecule has 0 radical (unpaired) electrons. The van der Waals surface area contributed by atoms with Gasteiger partial charge in [-0.25, -0.2) is 4.98 Å². The molecule has 1 saturated heterocycles. The first-order chi connectivity index (χ1) is 7.29. The highest BCUT2D eigenvalue weighted by molar-refractivity contribution is 4.91. The van der Waals surface area contributed by atoms with Crippen molar-refractivity contribution >= 4 is 0 Å². The zero-order valence-electron chi connectivity index (χ0n) is 9.26. The van der Waals surface area contributed by atoms with Gasteiger partial charge in [0.25, 0.3) is 0 Å². The lowest BCUT2D eigenvalue weighted by atomic mass is 9.98. The van der Waals surface area contributed by atoms with Crippen molar-refractivity contribution in [3.63, 3.8) is 0 Å². The monoisotopic (exact) mass is 209 g/mol. The Morgan fingerprint density at radius 3 is 2.73 bits per heavy atom. The van der Waals surface area contributed by atoms with Gasteiger partial charge in [-0.15, -0.1) is 0 Å². The average molecular weight is 209 g/mol. The molecule has 4 nitrogen and oxygen atoms in total. The van der Waals surface area contributed by atoms with E-state index in [1.807, 2.05) is 19.4 Å². The summed E-state index contributed by atoms with van der Waals surface area (Å²) in [5.41, 5.74) is 0. The minimum absolute atomic E-state index is 0.343. The normalized spacial score (nSPS) is 19.6. The number of aryl methyl sites for hydroxylation is 1. The number of aliphatic hydroxyl groups excluding tert-OH is 1. The smallest absolute Gasteiger partial charge is 0.122 e. The van der Waals surface area contributed by atoms with Gasteiger partial charge in [0.05, 0.1) is 6.54 Å². The van der Waals surface area contributed by atoms with E-state index in [0.29, 0.717) is 12.5 Å². The molecule has 0 atom stereocenters. The van der Waals surface area contributed by atoms with Crippen LogP contribution in [0.15, 0.2) is 12.4 Å². The second-order valence-corrected chi connectivity index (χ2v) is 4.36. The van der Waals surface area contributed by atoms with E-state index in [0.717, 1.165) is 38.3 Å². The predicted octanol–water partition coefficient (Wildman–Crippen LogP) is 0.624. The van der Waals surface area contributed by atoms with Gasteiger partial charge < -0.3 is 9.67 Å². The molecule has 1 N–H and O–H groups in total. The number of nitrogens with zero attached hydrogens (tertiary/aromatic N) is 3. The van der Waals surface area contributed by atoms with Crippen LogP contribution in [-0.2, 0) is 13.6 Å². The summed E-state index contributed by atoms with van der Waals surface area (Å²) < 4.78 is 2.07. The summed E-state index contributed by atoms with van der Waals surface area (Å²) in [6, 6.07) is 0. The number of hydrogen-bond acceptors (Lipinski definition) is 3. The lowest BCUT2D eigenvalue weighted by molar-refractivity contribution is 0.125. The molecule has 1 aliphatic heterocycles. The number of aliphatic hydroxyl groups is 1. The van der Waals surface area contributed by atoms with Crippen LogP contribution in [0.4, 0.5) is 0 Å². The summed E-state index contributed by atoms with van der Waals surface area (Å²) in [7, 11) is 2.03. The van der Waals surface area contributed by atoms with Gasteiger partial charge in [0.15, 0.2) is 0 Å². The predicted molar refractivity (Wildman–Crippen MR) is 58.3 cm³/mol. The number of likely N-dealkylation sites (tertiary alicyclic amines) is 1. The zero-order chi connectivity index (χ0) is 10.7. The van der Waals surface area contributed by atoms with E-state index < -0.39 is 0 Å². The van der Waals surface area contributed by atoms with Gasteiger partial charge in [-0.05, 0) is 31.8 Å². The second kappa shape index (κ2) is 4.77. The molecule has 4 heteroatoms. The van der Waals surface area contributed by atoms with Crippen LogP contribution < -0.4 is 0 Å². The lowest BCUT2D eigenvalue weighted by Crippen LogP contribution is -2.34. The molecule has 84 valence electrons. The molecule has 0 aliphatic carbocycles. The fourth-order valence-electron chi connectivity index (χ4n) is 2.08. The number of aromatic nitrogens is 2. The van der Waals surface area contributed by atoms with Crippen molar-refractivity contribution in [2.24, 2.45) is 13.0 Å². The Labute approximate surface area is 90.5 Å². The third kappa shape index (κ3) is 2.58. The van der Waals surface area contributed by atoms with Crippen LogP contribution in [0.5, 0.6) is 0 Å². The van der Waals surface area contributed by atoms with Crippen molar-refractivity contribution in [2.45, 2.75) is 19.4 Å². The summed E-state index contributed by atoms with van der Waals surface area (Å²) in [5.74, 6) is 1.64. The second-order valence-electron chi connectivity index (χ2n) is 4.36. The van der Waals surface area contributed by atoms with Gasteiger partial charge in [0.1, 0.15) is 5.82 Å². The number of hydrogen-bond donors (Lipinski definition) is 1. The largest absolute Gasteiger partial charge is 0.396 e. The van der Waals surface area contributed by atoms with Gasteiger partial charge in [-0.1, -0.05) is 0 Å². The van der Waals surface area contributed by atoms with E-state index in [2.05, 4.69) is 14.5 Å². The molecular weight excluding hydrogens is 190 g/mol. The third-order valence-electron chi connectivity index (χ3n) is 3.25. The van der Waals surface area contributed by atoms with E-state index in [9.17, 15) is 0 Å². The summed E-state index contributed by atoms with van der Waals surface area (Å²) in [4.78, 5) is 6.73. The summed E-state index contributed by atoms with van der Waals surface area (Å²) >= 11 is 0. The van der Waals surface area contributed by atoms with Crippen LogP contribution in [0.1, 0.15) is 18.7 Å². The Morgan fingerprint density at radius 1 is 1.47 bits per heavy atom. The highest BCUT2D eigenvalue weighted by atomic mass is 16.3. The van der Waals surface area contributed by atoms with Crippen LogP contribution in [-0.4, -0.2) is 39.3 Å². The Hall–Kier alpha value is -0.870. The van der Waals surface area contributed by atoms with Crippen molar-refractivity contribution in [1.82, 2.24) is 14.5 Å². The maximum absolute atomic E-state index is 9.04. The first-order valence-electron chi connectivity index (χ1n) is 5.59. The van der Waals surface area contributed by atoms with Crippen LogP contribution >= 0.6 is 0 Å². The number of piperidine rings is 1. The van der Waals surface area contributed by atoms with Crippen molar-refractivity contribution in [3.8, 4) is 0 Å². The highest BCUT2D eigenvalue weighted by Crippen LogP contribution is 2.17. The van der Waals surface area contributed by atoms with Crippen molar-refractivity contribution in [3.05, 3.63) is 18.2 Å². The zero-order valence-corrected chi connectivity index (χ0v) is 9.26.